The normalized spacial score (nSPS) is 12.2. The zero-order valence-electron chi connectivity index (χ0n) is 10.1. The lowest BCUT2D eigenvalue weighted by Gasteiger charge is -2.17. The molecule has 1 atom stereocenters. The summed E-state index contributed by atoms with van der Waals surface area (Å²) in [5.74, 6) is -0.0161. The van der Waals surface area contributed by atoms with Crippen molar-refractivity contribution in [3.05, 3.63) is 35.4 Å². The molecule has 4 nitrogen and oxygen atoms in total. The summed E-state index contributed by atoms with van der Waals surface area (Å²) >= 11 is 0. The first kappa shape index (κ1) is 13.4. The molecule has 0 bridgehead atoms. The van der Waals surface area contributed by atoms with E-state index in [1.165, 1.54) is 0 Å². The van der Waals surface area contributed by atoms with E-state index in [2.05, 4.69) is 0 Å². The molecule has 0 aliphatic carbocycles. The van der Waals surface area contributed by atoms with E-state index in [1.54, 1.807) is 43.1 Å². The number of rotatable bonds is 5. The van der Waals surface area contributed by atoms with Crippen molar-refractivity contribution in [1.82, 2.24) is 4.90 Å². The average Bonchev–Trinajstić information content (AvgIpc) is 2.28. The largest absolute Gasteiger partial charge is 0.392 e. The molecule has 0 saturated carbocycles. The van der Waals surface area contributed by atoms with Gasteiger partial charge in [0.25, 0.3) is 0 Å². The topological polar surface area (TPSA) is 64.3 Å². The quantitative estimate of drug-likeness (QED) is 0.771. The highest BCUT2D eigenvalue weighted by Gasteiger charge is 2.10. The number of nitrogens with zero attached hydrogens (tertiary/aromatic N) is 2. The van der Waals surface area contributed by atoms with Crippen LogP contribution in [-0.2, 0) is 0 Å². The Morgan fingerprint density at radius 3 is 2.53 bits per heavy atom. The van der Waals surface area contributed by atoms with Gasteiger partial charge < -0.3 is 5.11 Å². The third kappa shape index (κ3) is 4.35. The van der Waals surface area contributed by atoms with Gasteiger partial charge in [-0.3, -0.25) is 9.69 Å². The fraction of sp³-hybridized carbons (Fsp3) is 0.385. The summed E-state index contributed by atoms with van der Waals surface area (Å²) in [4.78, 5) is 13.6. The lowest BCUT2D eigenvalue weighted by atomic mass is 10.1. The minimum absolute atomic E-state index is 0.0161. The molecule has 1 rings (SSSR count). The zero-order valence-corrected chi connectivity index (χ0v) is 10.1. The molecule has 4 heteroatoms. The van der Waals surface area contributed by atoms with Gasteiger partial charge in [0.05, 0.1) is 24.3 Å². The first-order valence-corrected chi connectivity index (χ1v) is 5.43. The summed E-state index contributed by atoms with van der Waals surface area (Å²) in [6.07, 6.45) is -0.450. The Kier molecular flexibility index (Phi) is 4.83. The van der Waals surface area contributed by atoms with Crippen molar-refractivity contribution in [2.45, 2.75) is 13.0 Å². The van der Waals surface area contributed by atoms with E-state index in [0.29, 0.717) is 17.7 Å². The first-order chi connectivity index (χ1) is 8.02. The fourth-order valence-electron chi connectivity index (χ4n) is 1.58. The highest BCUT2D eigenvalue weighted by Crippen LogP contribution is 2.05. The molecule has 0 spiro atoms. The van der Waals surface area contributed by atoms with Crippen LogP contribution in [0.1, 0.15) is 22.8 Å². The van der Waals surface area contributed by atoms with Gasteiger partial charge in [0.2, 0.25) is 0 Å². The molecule has 0 aliphatic heterocycles. The van der Waals surface area contributed by atoms with Gasteiger partial charge in [-0.1, -0.05) is 12.1 Å². The van der Waals surface area contributed by atoms with E-state index < -0.39 is 6.10 Å². The van der Waals surface area contributed by atoms with Gasteiger partial charge in [-0.15, -0.1) is 0 Å². The molecule has 1 aromatic rings. The Hall–Kier alpha value is -1.70. The van der Waals surface area contributed by atoms with Gasteiger partial charge >= 0.3 is 0 Å². The second kappa shape index (κ2) is 6.14. The Bertz CT molecular complexity index is 418. The molecular formula is C13H16N2O2. The van der Waals surface area contributed by atoms with Crippen LogP contribution in [0, 0.1) is 11.3 Å². The number of hydrogen-bond acceptors (Lipinski definition) is 4. The third-order valence-corrected chi connectivity index (χ3v) is 2.33. The maximum Gasteiger partial charge on any atom is 0.176 e. The number of hydrogen-bond donors (Lipinski definition) is 1. The van der Waals surface area contributed by atoms with Gasteiger partial charge in [0.15, 0.2) is 5.78 Å². The molecule has 0 aromatic heterocycles. The monoisotopic (exact) mass is 232 g/mol. The highest BCUT2D eigenvalue weighted by molar-refractivity contribution is 5.97. The summed E-state index contributed by atoms with van der Waals surface area (Å²) in [6, 6.07) is 8.56. The summed E-state index contributed by atoms with van der Waals surface area (Å²) in [6.45, 7) is 2.40. The predicted octanol–water partition coefficient (Wildman–Crippen LogP) is 1.05. The van der Waals surface area contributed by atoms with Crippen molar-refractivity contribution in [2.24, 2.45) is 0 Å². The first-order valence-electron chi connectivity index (χ1n) is 5.43. The Morgan fingerprint density at radius 2 is 2.06 bits per heavy atom. The van der Waals surface area contributed by atoms with Gasteiger partial charge in [0, 0.05) is 12.1 Å². The van der Waals surface area contributed by atoms with E-state index in [-0.39, 0.29) is 12.3 Å². The van der Waals surface area contributed by atoms with Crippen LogP contribution in [0.15, 0.2) is 24.3 Å². The van der Waals surface area contributed by atoms with Crippen LogP contribution < -0.4 is 0 Å². The SMILES string of the molecule is CC(O)CN(C)CC(=O)c1ccc(C#N)cc1. The van der Waals surface area contributed by atoms with Crippen LogP contribution in [0.25, 0.3) is 0 Å². The Labute approximate surface area is 101 Å². The van der Waals surface area contributed by atoms with Gasteiger partial charge in [-0.2, -0.15) is 5.26 Å². The standard InChI is InChI=1S/C13H16N2O2/c1-10(16)8-15(2)9-13(17)12-5-3-11(7-14)4-6-12/h3-6,10,16H,8-9H2,1-2H3. The smallest absolute Gasteiger partial charge is 0.176 e. The van der Waals surface area contributed by atoms with Crippen LogP contribution in [0.4, 0.5) is 0 Å². The second-order valence-electron chi connectivity index (χ2n) is 4.16. The molecule has 1 unspecified atom stereocenters. The van der Waals surface area contributed by atoms with Crippen LogP contribution in [-0.4, -0.2) is 42.0 Å². The molecule has 0 radical (unpaired) electrons. The summed E-state index contributed by atoms with van der Waals surface area (Å²) in [5, 5.41) is 17.8. The number of carbonyl (C=O) groups is 1. The molecule has 17 heavy (non-hydrogen) atoms. The number of likely N-dealkylation sites (N-methyl/N-ethyl adjacent to an activating group) is 1. The van der Waals surface area contributed by atoms with Gasteiger partial charge in [-0.05, 0) is 26.1 Å². The Balaban J connectivity index is 2.61. The number of aliphatic hydroxyl groups is 1. The van der Waals surface area contributed by atoms with Crippen LogP contribution in [0.3, 0.4) is 0 Å². The van der Waals surface area contributed by atoms with Crippen molar-refractivity contribution in [1.29, 1.82) is 5.26 Å². The molecular weight excluding hydrogens is 216 g/mol. The number of benzene rings is 1. The fourth-order valence-corrected chi connectivity index (χ4v) is 1.58. The van der Waals surface area contributed by atoms with E-state index in [9.17, 15) is 9.90 Å². The number of ketones is 1. The van der Waals surface area contributed by atoms with Crippen LogP contribution >= 0.6 is 0 Å². The molecule has 90 valence electrons. The number of nitriles is 1. The summed E-state index contributed by atoms with van der Waals surface area (Å²) in [7, 11) is 1.79. The number of carbonyl (C=O) groups excluding carboxylic acids is 1. The third-order valence-electron chi connectivity index (χ3n) is 2.33. The zero-order chi connectivity index (χ0) is 12.8. The van der Waals surface area contributed by atoms with E-state index in [1.807, 2.05) is 6.07 Å². The van der Waals surface area contributed by atoms with E-state index in [0.717, 1.165) is 0 Å². The van der Waals surface area contributed by atoms with Crippen molar-refractivity contribution < 1.29 is 9.90 Å². The average molecular weight is 232 g/mol. The maximum atomic E-state index is 11.8. The minimum atomic E-state index is -0.450. The van der Waals surface area contributed by atoms with Gasteiger partial charge in [0.1, 0.15) is 0 Å². The highest BCUT2D eigenvalue weighted by atomic mass is 16.3. The molecule has 1 N–H and O–H groups in total. The van der Waals surface area contributed by atoms with Crippen molar-refractivity contribution in [3.8, 4) is 6.07 Å². The minimum Gasteiger partial charge on any atom is -0.392 e. The van der Waals surface area contributed by atoms with Crippen molar-refractivity contribution in [2.75, 3.05) is 20.1 Å². The molecule has 1 aromatic carbocycles. The van der Waals surface area contributed by atoms with Crippen LogP contribution in [0.2, 0.25) is 0 Å². The van der Waals surface area contributed by atoms with Crippen molar-refractivity contribution in [3.63, 3.8) is 0 Å². The number of aliphatic hydroxyl groups excluding tert-OH is 1. The van der Waals surface area contributed by atoms with Crippen LogP contribution in [0.5, 0.6) is 0 Å². The van der Waals surface area contributed by atoms with Gasteiger partial charge in [-0.25, -0.2) is 0 Å². The molecule has 0 fully saturated rings. The molecule has 0 heterocycles. The Morgan fingerprint density at radius 1 is 1.47 bits per heavy atom. The molecule has 0 aliphatic rings. The maximum absolute atomic E-state index is 11.8. The molecule has 0 saturated heterocycles. The summed E-state index contributed by atoms with van der Waals surface area (Å²) < 4.78 is 0. The predicted molar refractivity (Wildman–Crippen MR) is 64.7 cm³/mol. The lowest BCUT2D eigenvalue weighted by Crippen LogP contribution is -2.32. The second-order valence-corrected chi connectivity index (χ2v) is 4.16. The summed E-state index contributed by atoms with van der Waals surface area (Å²) in [5.41, 5.74) is 1.13. The lowest BCUT2D eigenvalue weighted by molar-refractivity contribution is 0.0901. The van der Waals surface area contributed by atoms with E-state index >= 15 is 0 Å². The van der Waals surface area contributed by atoms with E-state index in [4.69, 9.17) is 5.26 Å². The number of Topliss-reactive ketones (excluding diaryl/α,β-unsaturated/α-hetero) is 1. The van der Waals surface area contributed by atoms with Crippen molar-refractivity contribution >= 4 is 5.78 Å². The molecule has 0 amide bonds.